The number of imidazole rings is 1. The monoisotopic (exact) mass is 879 g/mol. The number of hydrogen-bond acceptors (Lipinski definition) is 22. The van der Waals surface area contributed by atoms with Crippen molar-refractivity contribution in [3.8, 4) is 0 Å². The number of phosphoric ester groups is 1. The SMILES string of the molecule is CO[C@@H]1[C@@H]2CP(=O)(SCOC(=O)OC(C)C)OC[C@@H]3C[C@@H](OP(=O)(OCOC(=O)OC(C)C)OC[C@H]2O[C@H]1n1ccc(=O)[nH]c1=O)[C@H](n1cnc2c(N)ncnc21)O3. The van der Waals surface area contributed by atoms with Gasteiger partial charge in [0.2, 0.25) is 6.79 Å². The molecule has 0 aromatic carbocycles. The minimum atomic E-state index is -4.81. The van der Waals surface area contributed by atoms with Gasteiger partial charge in [0.25, 0.3) is 12.1 Å². The second-order valence-corrected chi connectivity index (χ2v) is 19.9. The number of carbonyl (C=O) groups is 2. The van der Waals surface area contributed by atoms with Crippen LogP contribution in [0.4, 0.5) is 15.4 Å². The summed E-state index contributed by atoms with van der Waals surface area (Å²) in [6, 6.07) is 1.09. The lowest BCUT2D eigenvalue weighted by Gasteiger charge is -2.29. The Morgan fingerprint density at radius 3 is 2.43 bits per heavy atom. The van der Waals surface area contributed by atoms with Crippen molar-refractivity contribution in [2.75, 3.05) is 45.0 Å². The van der Waals surface area contributed by atoms with Crippen molar-refractivity contribution in [2.24, 2.45) is 5.92 Å². The Hall–Kier alpha value is -3.90. The van der Waals surface area contributed by atoms with E-state index in [4.69, 9.17) is 57.0 Å². The lowest BCUT2D eigenvalue weighted by atomic mass is 10.0. The van der Waals surface area contributed by atoms with Gasteiger partial charge in [-0.1, -0.05) is 0 Å². The molecule has 27 heteroatoms. The van der Waals surface area contributed by atoms with E-state index >= 15 is 0 Å². The molecule has 0 saturated carbocycles. The van der Waals surface area contributed by atoms with Crippen LogP contribution in [0.1, 0.15) is 46.6 Å². The molecule has 6 heterocycles. The van der Waals surface area contributed by atoms with E-state index in [0.29, 0.717) is 11.4 Å². The van der Waals surface area contributed by atoms with Crippen LogP contribution in [-0.2, 0) is 60.4 Å². The molecule has 6 rings (SSSR count). The molecule has 3 aromatic rings. The van der Waals surface area contributed by atoms with Gasteiger partial charge in [0.05, 0.1) is 44.0 Å². The minimum absolute atomic E-state index is 0.0546. The van der Waals surface area contributed by atoms with Gasteiger partial charge in [0.15, 0.2) is 23.9 Å². The Kier molecular flexibility index (Phi) is 14.0. The summed E-state index contributed by atoms with van der Waals surface area (Å²) in [5, 5.41) is 0. The van der Waals surface area contributed by atoms with Crippen LogP contribution >= 0.6 is 25.8 Å². The third-order valence-electron chi connectivity index (χ3n) is 8.73. The van der Waals surface area contributed by atoms with Crippen LogP contribution in [-0.4, -0.2) is 117 Å². The normalized spacial score (nSPS) is 30.3. The molecule has 9 atom stereocenters. The Balaban J connectivity index is 1.36. The van der Waals surface area contributed by atoms with Crippen molar-refractivity contribution in [3.05, 3.63) is 45.8 Å². The van der Waals surface area contributed by atoms with Crippen LogP contribution in [0.2, 0.25) is 0 Å². The van der Waals surface area contributed by atoms with Gasteiger partial charge in [0.1, 0.15) is 30.0 Å². The average Bonchev–Trinajstić information content (AvgIpc) is 3.84. The number of nitrogens with two attached hydrogens (primary N) is 1. The summed E-state index contributed by atoms with van der Waals surface area (Å²) in [6.45, 7) is 0.563. The Labute approximate surface area is 333 Å². The van der Waals surface area contributed by atoms with Crippen molar-refractivity contribution in [1.29, 1.82) is 0 Å². The molecule has 2 unspecified atom stereocenters. The second-order valence-electron chi connectivity index (χ2n) is 13.5. The fourth-order valence-corrected chi connectivity index (χ4v) is 11.4. The van der Waals surface area contributed by atoms with Crippen LogP contribution in [0.3, 0.4) is 0 Å². The zero-order chi connectivity index (χ0) is 41.8. The molecule has 0 spiro atoms. The van der Waals surface area contributed by atoms with Crippen molar-refractivity contribution in [1.82, 2.24) is 29.1 Å². The highest BCUT2D eigenvalue weighted by Gasteiger charge is 2.52. The maximum absolute atomic E-state index is 14.9. The number of aromatic amines is 1. The van der Waals surface area contributed by atoms with Crippen molar-refractivity contribution in [3.63, 3.8) is 0 Å². The molecular formula is C31H43N7O17P2S. The first-order valence-electron chi connectivity index (χ1n) is 17.8. The molecular weight excluding hydrogens is 836 g/mol. The van der Waals surface area contributed by atoms with Gasteiger partial charge < -0.3 is 43.4 Å². The first-order chi connectivity index (χ1) is 27.6. The molecule has 3 saturated heterocycles. The first kappa shape index (κ1) is 43.7. The summed E-state index contributed by atoms with van der Waals surface area (Å²) >= 11 is 0.690. The van der Waals surface area contributed by atoms with Gasteiger partial charge in [-0.05, 0) is 39.1 Å². The second kappa shape index (κ2) is 18.6. The van der Waals surface area contributed by atoms with E-state index in [1.54, 1.807) is 27.7 Å². The Morgan fingerprint density at radius 1 is 0.983 bits per heavy atom. The number of H-pyrrole nitrogens is 1. The quantitative estimate of drug-likeness (QED) is 0.159. The van der Waals surface area contributed by atoms with Gasteiger partial charge >= 0.3 is 25.8 Å². The van der Waals surface area contributed by atoms with E-state index in [0.717, 1.165) is 10.6 Å². The first-order valence-corrected chi connectivity index (χ1v) is 22.6. The minimum Gasteiger partial charge on any atom is -0.432 e. The highest BCUT2D eigenvalue weighted by Crippen LogP contribution is 2.63. The molecule has 320 valence electrons. The number of ether oxygens (including phenoxy) is 7. The molecule has 3 aromatic heterocycles. The van der Waals surface area contributed by atoms with E-state index in [1.165, 1.54) is 30.5 Å². The molecule has 24 nitrogen and oxygen atoms in total. The maximum atomic E-state index is 14.9. The summed E-state index contributed by atoms with van der Waals surface area (Å²) in [4.78, 5) is 63.9. The zero-order valence-corrected chi connectivity index (χ0v) is 34.4. The van der Waals surface area contributed by atoms with Crippen molar-refractivity contribution >= 4 is 55.1 Å². The number of aromatic nitrogens is 6. The maximum Gasteiger partial charge on any atom is 0.510 e. The van der Waals surface area contributed by atoms with E-state index < -0.39 is 112 Å². The third kappa shape index (κ3) is 10.4. The molecule has 0 radical (unpaired) electrons. The molecule has 2 bridgehead atoms. The number of nitrogen functional groups attached to an aromatic ring is 1. The fraction of sp³-hybridized carbons (Fsp3) is 0.645. The molecule has 3 aliphatic heterocycles. The summed E-state index contributed by atoms with van der Waals surface area (Å²) in [6.07, 6.45) is -6.53. The van der Waals surface area contributed by atoms with Gasteiger partial charge in [-0.3, -0.25) is 32.5 Å². The summed E-state index contributed by atoms with van der Waals surface area (Å²) in [5.41, 5.74) is 4.97. The lowest BCUT2D eigenvalue weighted by Crippen LogP contribution is -2.37. The highest BCUT2D eigenvalue weighted by molar-refractivity contribution is 8.56. The number of hydrogen-bond donors (Lipinski definition) is 2. The number of methoxy groups -OCH3 is 1. The van der Waals surface area contributed by atoms with Crippen molar-refractivity contribution < 1.29 is 70.0 Å². The third-order valence-corrected chi connectivity index (χ3v) is 14.4. The van der Waals surface area contributed by atoms with Gasteiger partial charge in [-0.25, -0.2) is 38.4 Å². The molecule has 0 aliphatic carbocycles. The number of phosphoric acid groups is 1. The largest absolute Gasteiger partial charge is 0.510 e. The Bertz CT molecular complexity index is 2150. The van der Waals surface area contributed by atoms with E-state index in [9.17, 15) is 28.3 Å². The predicted octanol–water partition coefficient (Wildman–Crippen LogP) is 3.30. The van der Waals surface area contributed by atoms with Gasteiger partial charge in [0, 0.05) is 37.9 Å². The number of rotatable bonds is 11. The lowest BCUT2D eigenvalue weighted by molar-refractivity contribution is -0.0746. The molecule has 58 heavy (non-hydrogen) atoms. The van der Waals surface area contributed by atoms with Crippen LogP contribution in [0.15, 0.2) is 34.5 Å². The van der Waals surface area contributed by atoms with Crippen molar-refractivity contribution in [2.45, 2.75) is 83.2 Å². The summed E-state index contributed by atoms with van der Waals surface area (Å²) in [7, 11) is -3.49. The van der Waals surface area contributed by atoms with Crippen LogP contribution in [0.5, 0.6) is 0 Å². The van der Waals surface area contributed by atoms with Crippen LogP contribution < -0.4 is 17.0 Å². The van der Waals surface area contributed by atoms with Gasteiger partial charge in [-0.2, -0.15) is 0 Å². The predicted molar refractivity (Wildman–Crippen MR) is 198 cm³/mol. The topological polar surface area (TPSA) is 294 Å². The molecule has 0 amide bonds. The van der Waals surface area contributed by atoms with E-state index in [2.05, 4.69) is 19.9 Å². The van der Waals surface area contributed by atoms with E-state index in [-0.39, 0.29) is 36.2 Å². The molecule has 3 fully saturated rings. The molecule has 3 N–H and O–H groups in total. The molecule has 3 aliphatic rings. The standard InChI is InChI=1S/C31H43N7O17P2S/c1-16(2)51-30(41)46-14-50-57(44)49-10-21-19(24(45-5)28(54-21)37-7-6-22(39)36-29(37)40)11-56(43,58-15-47-31(42)52-17(3)4)48-9-18-8-20(55-57)27(53-18)38-13-35-23-25(32)33-12-34-26(23)38/h6-7,12-13,16-21,24,27-28H,8-11,14-15H2,1-5H3,(H2,32,33,34)(H,36,39,40)/t18-,19+,20+,21+,24+,27+,28+,56?,57?/m0/s1. The number of nitrogens with one attached hydrogen (secondary N) is 1. The smallest absolute Gasteiger partial charge is 0.432 e. The zero-order valence-electron chi connectivity index (χ0n) is 31.8. The van der Waals surface area contributed by atoms with Gasteiger partial charge in [-0.15, -0.1) is 0 Å². The number of fused-ring (bicyclic) bond motifs is 4. The summed E-state index contributed by atoms with van der Waals surface area (Å²) in [5.74, 6) is -1.35. The average molecular weight is 880 g/mol. The van der Waals surface area contributed by atoms with E-state index in [1.807, 2.05) is 0 Å². The van der Waals surface area contributed by atoms with Crippen LogP contribution in [0, 0.1) is 5.92 Å². The Morgan fingerprint density at radius 2 is 1.72 bits per heavy atom. The van der Waals surface area contributed by atoms with Crippen LogP contribution in [0.25, 0.3) is 11.2 Å². The highest BCUT2D eigenvalue weighted by atomic mass is 32.7. The summed E-state index contributed by atoms with van der Waals surface area (Å²) < 4.78 is 94.2. The number of anilines is 1. The fourth-order valence-electron chi connectivity index (χ4n) is 6.30. The number of carbonyl (C=O) groups excluding carboxylic acids is 2. The number of nitrogens with zero attached hydrogens (tertiary/aromatic N) is 5.